The third kappa shape index (κ3) is 6.18. The Morgan fingerprint density at radius 3 is 2.00 bits per heavy atom. The van der Waals surface area contributed by atoms with E-state index < -0.39 is 54.5 Å². The number of nitrogens with zero attached hydrogens (tertiary/aromatic N) is 2. The van der Waals surface area contributed by atoms with Gasteiger partial charge in [-0.1, -0.05) is 12.2 Å². The summed E-state index contributed by atoms with van der Waals surface area (Å²) in [5.41, 5.74) is 1.39. The van der Waals surface area contributed by atoms with Crippen molar-refractivity contribution in [2.45, 2.75) is 72.2 Å². The second kappa shape index (κ2) is 11.2. The smallest absolute Gasteiger partial charge is 0.303 e. The standard InChI is InChI=1S/C22H26N2O9S/c1-10-7-11(2)24(22(34)16(10)8-23)21-20(32-15(6)28)19(31-14(5)27)18(30-13(4)26)17(33-21)9-29-12(3)25/h7,17-21H,9H2,1-6H3/t17-,18+,19+,20-,21-/m0/s1. The molecule has 1 aromatic rings. The molecule has 1 aliphatic rings. The van der Waals surface area contributed by atoms with E-state index in [2.05, 4.69) is 0 Å². The lowest BCUT2D eigenvalue weighted by Crippen LogP contribution is -2.60. The number of esters is 4. The predicted molar refractivity (Wildman–Crippen MR) is 117 cm³/mol. The molecule has 11 nitrogen and oxygen atoms in total. The minimum absolute atomic E-state index is 0.0981. The van der Waals surface area contributed by atoms with Gasteiger partial charge < -0.3 is 28.3 Å². The van der Waals surface area contributed by atoms with Crippen LogP contribution >= 0.6 is 12.2 Å². The Labute approximate surface area is 201 Å². The van der Waals surface area contributed by atoms with Gasteiger partial charge in [-0.25, -0.2) is 0 Å². The van der Waals surface area contributed by atoms with E-state index in [1.165, 1.54) is 11.5 Å². The van der Waals surface area contributed by atoms with Gasteiger partial charge in [-0.2, -0.15) is 5.26 Å². The van der Waals surface area contributed by atoms with E-state index in [-0.39, 0.29) is 16.8 Å². The fourth-order valence-corrected chi connectivity index (χ4v) is 4.22. The third-order valence-electron chi connectivity index (χ3n) is 4.96. The van der Waals surface area contributed by atoms with Crippen LogP contribution in [0.25, 0.3) is 0 Å². The summed E-state index contributed by atoms with van der Waals surface area (Å²) in [5.74, 6) is -2.82. The lowest BCUT2D eigenvalue weighted by Gasteiger charge is -2.45. The first-order valence-corrected chi connectivity index (χ1v) is 10.7. The molecule has 0 spiro atoms. The number of ether oxygens (including phenoxy) is 5. The molecule has 1 saturated heterocycles. The molecule has 1 fully saturated rings. The quantitative estimate of drug-likeness (QED) is 0.325. The van der Waals surface area contributed by atoms with Crippen LogP contribution in [0.4, 0.5) is 0 Å². The zero-order chi connectivity index (χ0) is 25.7. The zero-order valence-corrected chi connectivity index (χ0v) is 20.5. The number of aromatic nitrogens is 1. The Kier molecular flexibility index (Phi) is 8.89. The zero-order valence-electron chi connectivity index (χ0n) is 19.6. The molecule has 0 aromatic carbocycles. The number of aryl methyl sites for hydroxylation is 2. The summed E-state index contributed by atoms with van der Waals surface area (Å²) in [7, 11) is 0. The number of carbonyl (C=O) groups excluding carboxylic acids is 4. The summed E-state index contributed by atoms with van der Waals surface area (Å²) >= 11 is 5.53. The topological polar surface area (TPSA) is 143 Å². The van der Waals surface area contributed by atoms with Crippen molar-refractivity contribution in [2.75, 3.05) is 6.61 Å². The Balaban J connectivity index is 2.75. The lowest BCUT2D eigenvalue weighted by molar-refractivity contribution is -0.269. The summed E-state index contributed by atoms with van der Waals surface area (Å²) in [6.07, 6.45) is -6.27. The van der Waals surface area contributed by atoms with Gasteiger partial charge in [0, 0.05) is 33.4 Å². The van der Waals surface area contributed by atoms with Crippen molar-refractivity contribution in [3.8, 4) is 6.07 Å². The largest absolute Gasteiger partial charge is 0.463 e. The van der Waals surface area contributed by atoms with Crippen molar-refractivity contribution in [1.29, 1.82) is 5.26 Å². The number of nitriles is 1. The summed E-state index contributed by atoms with van der Waals surface area (Å²) in [6, 6.07) is 3.74. The summed E-state index contributed by atoms with van der Waals surface area (Å²) in [5, 5.41) is 9.59. The van der Waals surface area contributed by atoms with Gasteiger partial charge in [0.25, 0.3) is 0 Å². The fraction of sp³-hybridized carbons (Fsp3) is 0.545. The van der Waals surface area contributed by atoms with Crippen molar-refractivity contribution in [3.63, 3.8) is 0 Å². The molecule has 184 valence electrons. The second-order valence-corrected chi connectivity index (χ2v) is 8.11. The number of hydrogen-bond acceptors (Lipinski definition) is 11. The number of rotatable bonds is 6. The van der Waals surface area contributed by atoms with Crippen LogP contribution in [0.5, 0.6) is 0 Å². The first-order valence-electron chi connectivity index (χ1n) is 10.3. The van der Waals surface area contributed by atoms with Crippen molar-refractivity contribution in [3.05, 3.63) is 27.5 Å². The van der Waals surface area contributed by atoms with Gasteiger partial charge in [0.05, 0.1) is 5.56 Å². The van der Waals surface area contributed by atoms with Gasteiger partial charge in [0.2, 0.25) is 0 Å². The van der Waals surface area contributed by atoms with Crippen LogP contribution in [0.15, 0.2) is 6.07 Å². The minimum atomic E-state index is -1.34. The molecule has 0 aliphatic carbocycles. The molecule has 2 rings (SSSR count). The maximum atomic E-state index is 12.0. The van der Waals surface area contributed by atoms with E-state index in [9.17, 15) is 24.4 Å². The molecule has 0 radical (unpaired) electrons. The highest BCUT2D eigenvalue weighted by Crippen LogP contribution is 2.36. The molecular weight excluding hydrogens is 468 g/mol. The van der Waals surface area contributed by atoms with E-state index in [4.69, 9.17) is 35.9 Å². The average molecular weight is 495 g/mol. The van der Waals surface area contributed by atoms with Crippen LogP contribution in [0, 0.1) is 29.8 Å². The Hall–Kier alpha value is -3.30. The molecule has 2 heterocycles. The molecule has 0 bridgehead atoms. The van der Waals surface area contributed by atoms with Crippen molar-refractivity contribution >= 4 is 36.1 Å². The summed E-state index contributed by atoms with van der Waals surface area (Å²) < 4.78 is 29.0. The summed E-state index contributed by atoms with van der Waals surface area (Å²) in [4.78, 5) is 47.3. The van der Waals surface area contributed by atoms with Crippen LogP contribution in [-0.2, 0) is 42.9 Å². The van der Waals surface area contributed by atoms with E-state index in [0.29, 0.717) is 11.3 Å². The first-order chi connectivity index (χ1) is 15.9. The van der Waals surface area contributed by atoms with Crippen LogP contribution in [0.3, 0.4) is 0 Å². The maximum absolute atomic E-state index is 12.0. The molecule has 1 aromatic heterocycles. The SMILES string of the molecule is CC(=O)OC[C@@H]1O[C@H](n2c(C)cc(C)c(C#N)c2=S)[C@@H](OC(C)=O)[C@H](OC(C)=O)[C@@H]1OC(C)=O. The van der Waals surface area contributed by atoms with Crippen LogP contribution in [-0.4, -0.2) is 59.5 Å². The number of pyridine rings is 1. The van der Waals surface area contributed by atoms with Gasteiger partial charge in [0.15, 0.2) is 24.5 Å². The third-order valence-corrected chi connectivity index (χ3v) is 5.37. The molecule has 1 aliphatic heterocycles. The van der Waals surface area contributed by atoms with Gasteiger partial charge in [-0.15, -0.1) is 0 Å². The average Bonchev–Trinajstić information content (AvgIpc) is 2.69. The van der Waals surface area contributed by atoms with E-state index in [1.54, 1.807) is 19.9 Å². The van der Waals surface area contributed by atoms with Gasteiger partial charge in [-0.3, -0.25) is 19.2 Å². The molecule has 34 heavy (non-hydrogen) atoms. The van der Waals surface area contributed by atoms with E-state index in [0.717, 1.165) is 20.8 Å². The number of carbonyl (C=O) groups is 4. The van der Waals surface area contributed by atoms with Crippen LogP contribution < -0.4 is 0 Å². The highest BCUT2D eigenvalue weighted by atomic mass is 32.1. The highest BCUT2D eigenvalue weighted by Gasteiger charge is 2.53. The summed E-state index contributed by atoms with van der Waals surface area (Å²) in [6.45, 7) is 7.67. The predicted octanol–water partition coefficient (Wildman–Crippen LogP) is 1.96. The Morgan fingerprint density at radius 1 is 0.971 bits per heavy atom. The Morgan fingerprint density at radius 2 is 1.50 bits per heavy atom. The van der Waals surface area contributed by atoms with Crippen LogP contribution in [0.1, 0.15) is 50.7 Å². The van der Waals surface area contributed by atoms with Crippen LogP contribution in [0.2, 0.25) is 0 Å². The molecule has 5 atom stereocenters. The molecule has 12 heteroatoms. The maximum Gasteiger partial charge on any atom is 0.303 e. The molecule has 0 amide bonds. The van der Waals surface area contributed by atoms with Gasteiger partial charge in [-0.05, 0) is 25.5 Å². The second-order valence-electron chi connectivity index (χ2n) is 7.72. The normalized spacial score (nSPS) is 23.9. The first kappa shape index (κ1) is 26.9. The molecule has 0 saturated carbocycles. The monoisotopic (exact) mass is 494 g/mol. The highest BCUT2D eigenvalue weighted by molar-refractivity contribution is 7.71. The number of hydrogen-bond donors (Lipinski definition) is 0. The minimum Gasteiger partial charge on any atom is -0.463 e. The lowest BCUT2D eigenvalue weighted by atomic mass is 9.96. The van der Waals surface area contributed by atoms with Crippen molar-refractivity contribution in [2.24, 2.45) is 0 Å². The fourth-order valence-electron chi connectivity index (χ4n) is 3.77. The van der Waals surface area contributed by atoms with Crippen molar-refractivity contribution < 1.29 is 42.9 Å². The van der Waals surface area contributed by atoms with Crippen molar-refractivity contribution in [1.82, 2.24) is 4.57 Å². The molecule has 0 N–H and O–H groups in total. The van der Waals surface area contributed by atoms with E-state index >= 15 is 0 Å². The molecular formula is C22H26N2O9S. The molecule has 0 unspecified atom stereocenters. The van der Waals surface area contributed by atoms with E-state index in [1.807, 2.05) is 6.07 Å². The van der Waals surface area contributed by atoms with Gasteiger partial charge in [0.1, 0.15) is 23.4 Å². The van der Waals surface area contributed by atoms with Gasteiger partial charge >= 0.3 is 23.9 Å². The Bertz CT molecular complexity index is 1090.